The van der Waals surface area contributed by atoms with Gasteiger partial charge in [0.2, 0.25) is 0 Å². The van der Waals surface area contributed by atoms with Crippen LogP contribution in [0.4, 0.5) is 0 Å². The van der Waals surface area contributed by atoms with Crippen molar-refractivity contribution in [1.82, 2.24) is 5.32 Å². The number of aliphatic hydroxyl groups excluding tert-OH is 1. The summed E-state index contributed by atoms with van der Waals surface area (Å²) in [5.41, 5.74) is 2.10. The van der Waals surface area contributed by atoms with Gasteiger partial charge in [-0.2, -0.15) is 0 Å². The van der Waals surface area contributed by atoms with Crippen molar-refractivity contribution in [3.8, 4) is 0 Å². The molecule has 3 atom stereocenters. The number of carboxylic acid groups (broad SMARTS) is 1. The molecule has 0 aliphatic carbocycles. The summed E-state index contributed by atoms with van der Waals surface area (Å²) >= 11 is 0. The molecule has 4 nitrogen and oxygen atoms in total. The summed E-state index contributed by atoms with van der Waals surface area (Å²) in [4.78, 5) is 11.4. The number of carboxylic acids is 1. The fourth-order valence-electron chi connectivity index (χ4n) is 3.70. The summed E-state index contributed by atoms with van der Waals surface area (Å²) in [6.07, 6.45) is 0.629. The quantitative estimate of drug-likeness (QED) is 0.764. The first-order valence-electron chi connectivity index (χ1n) is 8.41. The first-order valence-corrected chi connectivity index (χ1v) is 8.41. The first-order chi connectivity index (χ1) is 11.7. The highest BCUT2D eigenvalue weighted by Crippen LogP contribution is 2.33. The summed E-state index contributed by atoms with van der Waals surface area (Å²) in [5, 5.41) is 23.3. The summed E-state index contributed by atoms with van der Waals surface area (Å²) in [5.74, 6) is -1.03. The van der Waals surface area contributed by atoms with Crippen LogP contribution in [-0.2, 0) is 4.79 Å². The van der Waals surface area contributed by atoms with E-state index >= 15 is 0 Å². The van der Waals surface area contributed by atoms with Crippen molar-refractivity contribution in [3.63, 3.8) is 0 Å². The van der Waals surface area contributed by atoms with Crippen LogP contribution in [0.5, 0.6) is 0 Å². The van der Waals surface area contributed by atoms with Gasteiger partial charge in [-0.05, 0) is 36.4 Å². The van der Waals surface area contributed by atoms with Gasteiger partial charge < -0.3 is 15.5 Å². The van der Waals surface area contributed by atoms with E-state index in [-0.39, 0.29) is 11.8 Å². The highest BCUT2D eigenvalue weighted by Gasteiger charge is 2.36. The minimum absolute atomic E-state index is 0.0487. The molecule has 4 heteroatoms. The lowest BCUT2D eigenvalue weighted by molar-refractivity contribution is -0.140. The smallest absolute Gasteiger partial charge is 0.320 e. The molecule has 2 aromatic rings. The van der Waals surface area contributed by atoms with E-state index in [4.69, 9.17) is 0 Å². The fourth-order valence-corrected chi connectivity index (χ4v) is 3.70. The van der Waals surface area contributed by atoms with Crippen LogP contribution >= 0.6 is 0 Å². The van der Waals surface area contributed by atoms with Gasteiger partial charge in [0.05, 0.1) is 6.10 Å². The molecule has 0 radical (unpaired) electrons. The molecule has 1 aliphatic rings. The van der Waals surface area contributed by atoms with Gasteiger partial charge in [-0.3, -0.25) is 4.79 Å². The lowest BCUT2D eigenvalue weighted by atomic mass is 9.81. The summed E-state index contributed by atoms with van der Waals surface area (Å²) in [6, 6.07) is 19.3. The number of aliphatic hydroxyl groups is 1. The molecule has 0 amide bonds. The van der Waals surface area contributed by atoms with Gasteiger partial charge in [0.1, 0.15) is 6.04 Å². The third kappa shape index (κ3) is 3.66. The Morgan fingerprint density at radius 2 is 1.58 bits per heavy atom. The van der Waals surface area contributed by atoms with Gasteiger partial charge in [-0.15, -0.1) is 0 Å². The third-order valence-corrected chi connectivity index (χ3v) is 4.86. The van der Waals surface area contributed by atoms with Crippen LogP contribution in [0.3, 0.4) is 0 Å². The number of hydrogen-bond acceptors (Lipinski definition) is 3. The van der Waals surface area contributed by atoms with Crippen LogP contribution in [0, 0.1) is 5.92 Å². The van der Waals surface area contributed by atoms with Crippen molar-refractivity contribution in [2.24, 2.45) is 5.92 Å². The molecular formula is C20H23NO3. The molecule has 1 heterocycles. The molecule has 0 spiro atoms. The molecule has 2 unspecified atom stereocenters. The van der Waals surface area contributed by atoms with E-state index in [1.165, 1.54) is 0 Å². The van der Waals surface area contributed by atoms with Gasteiger partial charge in [0, 0.05) is 5.92 Å². The molecule has 2 aromatic carbocycles. The van der Waals surface area contributed by atoms with Gasteiger partial charge in [-0.25, -0.2) is 0 Å². The minimum Gasteiger partial charge on any atom is -0.480 e. The van der Waals surface area contributed by atoms with Gasteiger partial charge in [0.25, 0.3) is 0 Å². The molecule has 1 fully saturated rings. The summed E-state index contributed by atoms with van der Waals surface area (Å²) in [6.45, 7) is 0.690. The molecule has 0 bridgehead atoms. The van der Waals surface area contributed by atoms with E-state index in [0.717, 1.165) is 17.5 Å². The molecule has 1 aliphatic heterocycles. The lowest BCUT2D eigenvalue weighted by Crippen LogP contribution is -2.37. The molecule has 0 saturated carbocycles. The normalized spacial score (nSPS) is 21.8. The largest absolute Gasteiger partial charge is 0.480 e. The van der Waals surface area contributed by atoms with Crippen molar-refractivity contribution in [3.05, 3.63) is 71.8 Å². The average Bonchev–Trinajstić information content (AvgIpc) is 3.05. The summed E-state index contributed by atoms with van der Waals surface area (Å²) < 4.78 is 0. The molecule has 3 N–H and O–H groups in total. The Bertz CT molecular complexity index is 620. The number of hydrogen-bond donors (Lipinski definition) is 3. The first kappa shape index (κ1) is 16.7. The molecule has 1 saturated heterocycles. The maximum atomic E-state index is 11.4. The number of nitrogens with one attached hydrogen (secondary N) is 1. The van der Waals surface area contributed by atoms with Crippen molar-refractivity contribution < 1.29 is 15.0 Å². The lowest BCUT2D eigenvalue weighted by Gasteiger charge is -2.27. The second-order valence-electron chi connectivity index (χ2n) is 6.42. The maximum absolute atomic E-state index is 11.4. The number of carbonyl (C=O) groups is 1. The van der Waals surface area contributed by atoms with Gasteiger partial charge >= 0.3 is 5.97 Å². The van der Waals surface area contributed by atoms with Crippen LogP contribution in [0.25, 0.3) is 0 Å². The van der Waals surface area contributed by atoms with Crippen molar-refractivity contribution in [1.29, 1.82) is 0 Å². The predicted octanol–water partition coefficient (Wildman–Crippen LogP) is 2.63. The number of rotatable bonds is 6. The SMILES string of the molecule is O=C(O)[C@H]1NCCC1CC(O)C(c1ccccc1)c1ccccc1. The Morgan fingerprint density at radius 1 is 1.04 bits per heavy atom. The van der Waals surface area contributed by atoms with Crippen molar-refractivity contribution in [2.45, 2.75) is 30.9 Å². The standard InChI is InChI=1S/C20H23NO3/c22-17(13-16-11-12-21-19(16)20(23)24)18(14-7-3-1-4-8-14)15-9-5-2-6-10-15/h1-10,16-19,21-22H,11-13H2,(H,23,24)/t16?,17?,19-/m0/s1. The third-order valence-electron chi connectivity index (χ3n) is 4.86. The Labute approximate surface area is 142 Å². The minimum atomic E-state index is -0.833. The van der Waals surface area contributed by atoms with Gasteiger partial charge in [-0.1, -0.05) is 60.7 Å². The van der Waals surface area contributed by atoms with E-state index in [1.54, 1.807) is 0 Å². The monoisotopic (exact) mass is 325 g/mol. The average molecular weight is 325 g/mol. The fraction of sp³-hybridized carbons (Fsp3) is 0.350. The molecule has 126 valence electrons. The molecule has 24 heavy (non-hydrogen) atoms. The zero-order valence-corrected chi connectivity index (χ0v) is 13.5. The molecule has 0 aromatic heterocycles. The highest BCUT2D eigenvalue weighted by atomic mass is 16.4. The Balaban J connectivity index is 1.84. The predicted molar refractivity (Wildman–Crippen MR) is 92.9 cm³/mol. The number of benzene rings is 2. The van der Waals surface area contributed by atoms with Crippen molar-refractivity contribution in [2.75, 3.05) is 6.54 Å². The topological polar surface area (TPSA) is 69.6 Å². The van der Waals surface area contributed by atoms with Crippen LogP contribution in [0.2, 0.25) is 0 Å². The zero-order chi connectivity index (χ0) is 16.9. The Hall–Kier alpha value is -2.17. The van der Waals surface area contributed by atoms with Crippen molar-refractivity contribution >= 4 is 5.97 Å². The Kier molecular flexibility index (Phi) is 5.28. The van der Waals surface area contributed by atoms with E-state index < -0.39 is 18.1 Å². The zero-order valence-electron chi connectivity index (χ0n) is 13.5. The summed E-state index contributed by atoms with van der Waals surface area (Å²) in [7, 11) is 0. The van der Waals surface area contributed by atoms with Gasteiger partial charge in [0.15, 0.2) is 0 Å². The van der Waals surface area contributed by atoms with Crippen LogP contribution < -0.4 is 5.32 Å². The van der Waals surface area contributed by atoms with E-state index in [1.807, 2.05) is 60.7 Å². The van der Waals surface area contributed by atoms with E-state index in [9.17, 15) is 15.0 Å². The van der Waals surface area contributed by atoms with E-state index in [0.29, 0.717) is 13.0 Å². The molecule has 3 rings (SSSR count). The van der Waals surface area contributed by atoms with Crippen LogP contribution in [0.1, 0.15) is 29.9 Å². The number of aliphatic carboxylic acids is 1. The van der Waals surface area contributed by atoms with Crippen LogP contribution in [-0.4, -0.2) is 34.9 Å². The second kappa shape index (κ2) is 7.60. The second-order valence-corrected chi connectivity index (χ2v) is 6.42. The Morgan fingerprint density at radius 3 is 2.08 bits per heavy atom. The van der Waals surface area contributed by atoms with Crippen LogP contribution in [0.15, 0.2) is 60.7 Å². The van der Waals surface area contributed by atoms with E-state index in [2.05, 4.69) is 5.32 Å². The maximum Gasteiger partial charge on any atom is 0.320 e. The highest BCUT2D eigenvalue weighted by molar-refractivity contribution is 5.74. The molecular weight excluding hydrogens is 302 g/mol.